The van der Waals surface area contributed by atoms with Gasteiger partial charge in [-0.05, 0) is 49.0 Å². The first kappa shape index (κ1) is 14.7. The van der Waals surface area contributed by atoms with Gasteiger partial charge in [0.05, 0.1) is 14.2 Å². The van der Waals surface area contributed by atoms with Gasteiger partial charge in [-0.25, -0.2) is 0 Å². The fraction of sp³-hybridized carbons (Fsp3) is 0.333. The monoisotopic (exact) mass is 298 g/mol. The molecule has 0 aliphatic carbocycles. The highest BCUT2D eigenvalue weighted by molar-refractivity contribution is 5.52. The lowest BCUT2D eigenvalue weighted by atomic mass is 10.1. The van der Waals surface area contributed by atoms with Gasteiger partial charge in [0.2, 0.25) is 0 Å². The molecule has 0 radical (unpaired) electrons. The van der Waals surface area contributed by atoms with Gasteiger partial charge in [0.15, 0.2) is 0 Å². The molecule has 4 nitrogen and oxygen atoms in total. The number of nitrogens with zero attached hydrogens (tertiary/aromatic N) is 2. The van der Waals surface area contributed by atoms with Crippen LogP contribution in [-0.2, 0) is 0 Å². The summed E-state index contributed by atoms with van der Waals surface area (Å²) in [6.45, 7) is 2.06. The first-order valence-electron chi connectivity index (χ1n) is 7.48. The van der Waals surface area contributed by atoms with Gasteiger partial charge >= 0.3 is 0 Å². The van der Waals surface area contributed by atoms with Crippen molar-refractivity contribution in [3.05, 3.63) is 54.1 Å². The molecule has 1 saturated heterocycles. The second-order valence-corrected chi connectivity index (χ2v) is 5.52. The van der Waals surface area contributed by atoms with E-state index in [1.807, 2.05) is 24.3 Å². The van der Waals surface area contributed by atoms with Crippen LogP contribution in [-0.4, -0.2) is 39.3 Å². The maximum absolute atomic E-state index is 5.25. The van der Waals surface area contributed by atoms with E-state index in [0.717, 1.165) is 24.6 Å². The minimum Gasteiger partial charge on any atom is -0.497 e. The Labute approximate surface area is 131 Å². The van der Waals surface area contributed by atoms with Crippen molar-refractivity contribution in [2.45, 2.75) is 6.17 Å². The van der Waals surface area contributed by atoms with E-state index in [-0.39, 0.29) is 6.17 Å². The molecule has 22 heavy (non-hydrogen) atoms. The molecule has 2 aromatic carbocycles. The van der Waals surface area contributed by atoms with Gasteiger partial charge in [0.25, 0.3) is 0 Å². The minimum absolute atomic E-state index is 0.249. The van der Waals surface area contributed by atoms with Crippen molar-refractivity contribution >= 4 is 5.69 Å². The molecule has 2 aromatic rings. The molecule has 0 aromatic heterocycles. The zero-order valence-electron chi connectivity index (χ0n) is 13.3. The third-order valence-electron chi connectivity index (χ3n) is 4.22. The molecule has 3 rings (SSSR count). The lowest BCUT2D eigenvalue weighted by Crippen LogP contribution is -2.28. The van der Waals surface area contributed by atoms with E-state index in [9.17, 15) is 0 Å². The average molecular weight is 298 g/mol. The number of hydrogen-bond donors (Lipinski definition) is 0. The minimum atomic E-state index is 0.249. The van der Waals surface area contributed by atoms with Gasteiger partial charge in [-0.15, -0.1) is 0 Å². The Morgan fingerprint density at radius 3 is 1.91 bits per heavy atom. The van der Waals surface area contributed by atoms with Crippen molar-refractivity contribution < 1.29 is 9.47 Å². The third kappa shape index (κ3) is 2.74. The summed E-state index contributed by atoms with van der Waals surface area (Å²) in [5.74, 6) is 1.78. The van der Waals surface area contributed by atoms with Crippen LogP contribution in [0.5, 0.6) is 11.5 Å². The summed E-state index contributed by atoms with van der Waals surface area (Å²) in [5.41, 5.74) is 2.49. The van der Waals surface area contributed by atoms with Crippen molar-refractivity contribution in [2.75, 3.05) is 39.3 Å². The molecule has 1 aliphatic rings. The second kappa shape index (κ2) is 6.28. The fourth-order valence-corrected chi connectivity index (χ4v) is 3.00. The maximum atomic E-state index is 5.25. The maximum Gasteiger partial charge on any atom is 0.119 e. The molecular formula is C18H22N2O2. The summed E-state index contributed by atoms with van der Waals surface area (Å²) in [6.07, 6.45) is 0.249. The molecular weight excluding hydrogens is 276 g/mol. The number of ether oxygens (including phenoxy) is 2. The standard InChI is InChI=1S/C18H22N2O2/c1-19-12-13-20(15-6-10-17(22-3)11-7-15)18(19)14-4-8-16(21-2)9-5-14/h4-11,18H,12-13H2,1-3H3. The Morgan fingerprint density at radius 2 is 1.36 bits per heavy atom. The zero-order valence-corrected chi connectivity index (χ0v) is 13.3. The van der Waals surface area contributed by atoms with Gasteiger partial charge in [-0.3, -0.25) is 4.90 Å². The first-order valence-corrected chi connectivity index (χ1v) is 7.48. The Morgan fingerprint density at radius 1 is 0.818 bits per heavy atom. The smallest absolute Gasteiger partial charge is 0.119 e. The molecule has 1 fully saturated rings. The summed E-state index contributed by atoms with van der Waals surface area (Å²) in [7, 11) is 5.55. The second-order valence-electron chi connectivity index (χ2n) is 5.52. The van der Waals surface area contributed by atoms with Crippen LogP contribution in [0.25, 0.3) is 0 Å². The number of rotatable bonds is 4. The Balaban J connectivity index is 1.88. The van der Waals surface area contributed by atoms with Crippen LogP contribution < -0.4 is 14.4 Å². The van der Waals surface area contributed by atoms with Crippen molar-refractivity contribution in [3.63, 3.8) is 0 Å². The van der Waals surface area contributed by atoms with E-state index in [0.29, 0.717) is 0 Å². The van der Waals surface area contributed by atoms with E-state index >= 15 is 0 Å². The molecule has 1 aliphatic heterocycles. The van der Waals surface area contributed by atoms with Crippen LogP contribution in [0.4, 0.5) is 5.69 Å². The topological polar surface area (TPSA) is 24.9 Å². The molecule has 4 heteroatoms. The van der Waals surface area contributed by atoms with Gasteiger partial charge in [-0.2, -0.15) is 0 Å². The van der Waals surface area contributed by atoms with Crippen LogP contribution in [0.1, 0.15) is 11.7 Å². The Hall–Kier alpha value is -2.20. The normalized spacial score (nSPS) is 18.5. The summed E-state index contributed by atoms with van der Waals surface area (Å²) >= 11 is 0. The molecule has 1 atom stereocenters. The summed E-state index contributed by atoms with van der Waals surface area (Å²) in [6, 6.07) is 16.6. The van der Waals surface area contributed by atoms with Crippen LogP contribution in [0, 0.1) is 0 Å². The lowest BCUT2D eigenvalue weighted by Gasteiger charge is -2.30. The fourth-order valence-electron chi connectivity index (χ4n) is 3.00. The molecule has 1 heterocycles. The number of hydrogen-bond acceptors (Lipinski definition) is 4. The van der Waals surface area contributed by atoms with E-state index in [2.05, 4.69) is 41.1 Å². The summed E-state index contributed by atoms with van der Waals surface area (Å²) in [5, 5.41) is 0. The van der Waals surface area contributed by atoms with Gasteiger partial charge < -0.3 is 14.4 Å². The number of benzene rings is 2. The predicted molar refractivity (Wildman–Crippen MR) is 88.7 cm³/mol. The number of anilines is 1. The molecule has 0 saturated carbocycles. The van der Waals surface area contributed by atoms with Crippen LogP contribution in [0.15, 0.2) is 48.5 Å². The summed E-state index contributed by atoms with van der Waals surface area (Å²) < 4.78 is 10.5. The van der Waals surface area contributed by atoms with Crippen LogP contribution in [0.2, 0.25) is 0 Å². The highest BCUT2D eigenvalue weighted by Gasteiger charge is 2.30. The van der Waals surface area contributed by atoms with E-state index < -0.39 is 0 Å². The van der Waals surface area contributed by atoms with E-state index in [1.54, 1.807) is 14.2 Å². The Kier molecular flexibility index (Phi) is 4.20. The SMILES string of the molecule is COc1ccc(C2N(C)CCN2c2ccc(OC)cc2)cc1. The van der Waals surface area contributed by atoms with E-state index in [1.165, 1.54) is 11.3 Å². The van der Waals surface area contributed by atoms with Crippen molar-refractivity contribution in [2.24, 2.45) is 0 Å². The predicted octanol–water partition coefficient (Wildman–Crippen LogP) is 3.15. The molecule has 0 N–H and O–H groups in total. The zero-order chi connectivity index (χ0) is 15.5. The number of likely N-dealkylation sites (N-methyl/N-ethyl adjacent to an activating group) is 1. The van der Waals surface area contributed by atoms with Crippen LogP contribution >= 0.6 is 0 Å². The first-order chi connectivity index (χ1) is 10.7. The van der Waals surface area contributed by atoms with Crippen LogP contribution in [0.3, 0.4) is 0 Å². The van der Waals surface area contributed by atoms with E-state index in [4.69, 9.17) is 9.47 Å². The van der Waals surface area contributed by atoms with Gasteiger partial charge in [0, 0.05) is 18.8 Å². The van der Waals surface area contributed by atoms with Crippen molar-refractivity contribution in [3.8, 4) is 11.5 Å². The summed E-state index contributed by atoms with van der Waals surface area (Å²) in [4.78, 5) is 4.79. The van der Waals surface area contributed by atoms with Crippen molar-refractivity contribution in [1.29, 1.82) is 0 Å². The van der Waals surface area contributed by atoms with Gasteiger partial charge in [-0.1, -0.05) is 12.1 Å². The number of methoxy groups -OCH3 is 2. The molecule has 116 valence electrons. The average Bonchev–Trinajstić information content (AvgIpc) is 2.96. The van der Waals surface area contributed by atoms with Gasteiger partial charge in [0.1, 0.15) is 17.7 Å². The Bertz CT molecular complexity index is 610. The van der Waals surface area contributed by atoms with Crippen molar-refractivity contribution in [1.82, 2.24) is 4.90 Å². The highest BCUT2D eigenvalue weighted by Crippen LogP contribution is 2.34. The lowest BCUT2D eigenvalue weighted by molar-refractivity contribution is 0.318. The molecule has 1 unspecified atom stereocenters. The highest BCUT2D eigenvalue weighted by atomic mass is 16.5. The molecule has 0 amide bonds. The molecule has 0 spiro atoms. The largest absolute Gasteiger partial charge is 0.497 e. The third-order valence-corrected chi connectivity index (χ3v) is 4.22. The quantitative estimate of drug-likeness (QED) is 0.865. The molecule has 0 bridgehead atoms.